The summed E-state index contributed by atoms with van der Waals surface area (Å²) in [5.74, 6) is 1.28. The lowest BCUT2D eigenvalue weighted by Crippen LogP contribution is -2.28. The van der Waals surface area contributed by atoms with E-state index in [1.165, 1.54) is 6.42 Å². The molecule has 0 amide bonds. The van der Waals surface area contributed by atoms with Crippen LogP contribution in [0.25, 0.3) is 0 Å². The van der Waals surface area contributed by atoms with Crippen LogP contribution in [-0.4, -0.2) is 17.6 Å². The normalized spacial score (nSPS) is 36.2. The molecule has 1 fully saturated rings. The Balaban J connectivity index is 1.99. The number of carboxylic acids is 1. The van der Waals surface area contributed by atoms with Gasteiger partial charge < -0.3 is 10.8 Å². The summed E-state index contributed by atoms with van der Waals surface area (Å²) in [6.45, 7) is 0.508. The zero-order valence-electron chi connectivity index (χ0n) is 8.23. The van der Waals surface area contributed by atoms with Crippen molar-refractivity contribution in [2.24, 2.45) is 29.4 Å². The molecule has 0 aromatic heterocycles. The molecule has 4 unspecified atom stereocenters. The summed E-state index contributed by atoms with van der Waals surface area (Å²) in [5, 5.41) is 8.77. The minimum absolute atomic E-state index is 0.174. The number of allylic oxidation sites excluding steroid dienone is 2. The molecule has 0 aliphatic heterocycles. The summed E-state index contributed by atoms with van der Waals surface area (Å²) >= 11 is 0. The van der Waals surface area contributed by atoms with Crippen LogP contribution in [0.2, 0.25) is 0 Å². The van der Waals surface area contributed by atoms with Gasteiger partial charge in [0.2, 0.25) is 0 Å². The van der Waals surface area contributed by atoms with Crippen molar-refractivity contribution in [1.82, 2.24) is 0 Å². The van der Waals surface area contributed by atoms with E-state index in [0.29, 0.717) is 24.3 Å². The minimum atomic E-state index is -0.716. The molecule has 3 heteroatoms. The van der Waals surface area contributed by atoms with Crippen LogP contribution in [0.15, 0.2) is 12.2 Å². The van der Waals surface area contributed by atoms with Gasteiger partial charge in [0.15, 0.2) is 0 Å². The van der Waals surface area contributed by atoms with Gasteiger partial charge in [-0.25, -0.2) is 0 Å². The van der Waals surface area contributed by atoms with Gasteiger partial charge in [0.1, 0.15) is 0 Å². The zero-order valence-corrected chi connectivity index (χ0v) is 8.23. The van der Waals surface area contributed by atoms with Gasteiger partial charge in [-0.05, 0) is 43.1 Å². The summed E-state index contributed by atoms with van der Waals surface area (Å²) in [6, 6.07) is 0. The van der Waals surface area contributed by atoms with Crippen LogP contribution >= 0.6 is 0 Å². The van der Waals surface area contributed by atoms with E-state index in [1.54, 1.807) is 0 Å². The molecule has 2 rings (SSSR count). The Hall–Kier alpha value is -0.830. The number of rotatable bonds is 4. The lowest BCUT2D eigenvalue weighted by Gasteiger charge is -2.26. The van der Waals surface area contributed by atoms with Crippen molar-refractivity contribution in [3.05, 3.63) is 12.2 Å². The van der Waals surface area contributed by atoms with Crippen LogP contribution in [0.5, 0.6) is 0 Å². The Kier molecular flexibility index (Phi) is 2.59. The van der Waals surface area contributed by atoms with Gasteiger partial charge in [0.05, 0.1) is 0 Å². The molecule has 78 valence electrons. The smallest absolute Gasteiger partial charge is 0.303 e. The van der Waals surface area contributed by atoms with Gasteiger partial charge in [0.25, 0.3) is 0 Å². The highest BCUT2D eigenvalue weighted by Crippen LogP contribution is 2.47. The van der Waals surface area contributed by atoms with Crippen LogP contribution in [0.3, 0.4) is 0 Å². The van der Waals surface area contributed by atoms with Gasteiger partial charge >= 0.3 is 5.97 Å². The van der Waals surface area contributed by atoms with Crippen molar-refractivity contribution in [1.29, 1.82) is 0 Å². The molecule has 3 N–H and O–H groups in total. The van der Waals surface area contributed by atoms with Gasteiger partial charge in [-0.2, -0.15) is 0 Å². The monoisotopic (exact) mass is 195 g/mol. The summed E-state index contributed by atoms with van der Waals surface area (Å²) in [4.78, 5) is 10.7. The van der Waals surface area contributed by atoms with Gasteiger partial charge in [-0.1, -0.05) is 12.2 Å². The molecular formula is C11H17NO2. The first kappa shape index (κ1) is 9.71. The highest BCUT2D eigenvalue weighted by molar-refractivity contribution is 5.67. The summed E-state index contributed by atoms with van der Waals surface area (Å²) < 4.78 is 0. The van der Waals surface area contributed by atoms with Crippen molar-refractivity contribution in [3.63, 3.8) is 0 Å². The zero-order chi connectivity index (χ0) is 10.1. The lowest BCUT2D eigenvalue weighted by molar-refractivity contribution is -0.138. The van der Waals surface area contributed by atoms with E-state index in [4.69, 9.17) is 10.8 Å². The standard InChI is InChI=1S/C11H17NO2/c12-6-9(5-11(13)14)10-4-7-1-2-8(10)3-7/h1-2,7-10H,3-6,12H2,(H,13,14). The summed E-state index contributed by atoms with van der Waals surface area (Å²) in [6.07, 6.45) is 7.13. The van der Waals surface area contributed by atoms with Crippen LogP contribution in [0.4, 0.5) is 0 Å². The maximum Gasteiger partial charge on any atom is 0.303 e. The predicted octanol–water partition coefficient (Wildman–Crippen LogP) is 1.25. The van der Waals surface area contributed by atoms with Gasteiger partial charge in [-0.3, -0.25) is 4.79 Å². The number of fused-ring (bicyclic) bond motifs is 2. The van der Waals surface area contributed by atoms with Crippen molar-refractivity contribution < 1.29 is 9.90 Å². The molecule has 2 aliphatic rings. The molecule has 0 heterocycles. The first-order chi connectivity index (χ1) is 6.70. The van der Waals surface area contributed by atoms with Crippen molar-refractivity contribution >= 4 is 5.97 Å². The molecule has 0 aromatic carbocycles. The van der Waals surface area contributed by atoms with Crippen LogP contribution in [0.1, 0.15) is 19.3 Å². The first-order valence-corrected chi connectivity index (χ1v) is 5.31. The molecule has 0 spiro atoms. The Morgan fingerprint density at radius 1 is 1.50 bits per heavy atom. The molecule has 2 bridgehead atoms. The molecule has 1 saturated carbocycles. The predicted molar refractivity (Wildman–Crippen MR) is 53.6 cm³/mol. The Labute approximate surface area is 84.0 Å². The van der Waals surface area contributed by atoms with Crippen molar-refractivity contribution in [2.75, 3.05) is 6.54 Å². The van der Waals surface area contributed by atoms with Gasteiger partial charge in [0, 0.05) is 6.42 Å². The average Bonchev–Trinajstić information content (AvgIpc) is 2.74. The fourth-order valence-electron chi connectivity index (χ4n) is 3.00. The average molecular weight is 195 g/mol. The van der Waals surface area contributed by atoms with E-state index >= 15 is 0 Å². The Bertz CT molecular complexity index is 262. The maximum atomic E-state index is 10.7. The van der Waals surface area contributed by atoms with Crippen molar-refractivity contribution in [3.8, 4) is 0 Å². The van der Waals surface area contributed by atoms with Crippen LogP contribution in [0, 0.1) is 23.7 Å². The van der Waals surface area contributed by atoms with E-state index in [9.17, 15) is 4.79 Å². The third-order valence-electron chi connectivity index (χ3n) is 3.68. The number of hydrogen-bond acceptors (Lipinski definition) is 2. The molecule has 0 aromatic rings. The lowest BCUT2D eigenvalue weighted by atomic mass is 9.80. The second-order valence-corrected chi connectivity index (χ2v) is 4.54. The highest BCUT2D eigenvalue weighted by atomic mass is 16.4. The van der Waals surface area contributed by atoms with E-state index in [0.717, 1.165) is 6.42 Å². The Morgan fingerprint density at radius 2 is 2.29 bits per heavy atom. The second kappa shape index (κ2) is 3.73. The summed E-state index contributed by atoms with van der Waals surface area (Å²) in [5.41, 5.74) is 5.65. The SMILES string of the molecule is NCC(CC(=O)O)C1CC2C=CC1C2. The number of nitrogens with two attached hydrogens (primary N) is 1. The minimum Gasteiger partial charge on any atom is -0.481 e. The fourth-order valence-corrected chi connectivity index (χ4v) is 3.00. The number of hydrogen-bond donors (Lipinski definition) is 2. The molecule has 0 saturated heterocycles. The van der Waals surface area contributed by atoms with Crippen molar-refractivity contribution in [2.45, 2.75) is 19.3 Å². The second-order valence-electron chi connectivity index (χ2n) is 4.54. The first-order valence-electron chi connectivity index (χ1n) is 5.31. The third kappa shape index (κ3) is 1.69. The van der Waals surface area contributed by atoms with E-state index in [-0.39, 0.29) is 12.3 Å². The topological polar surface area (TPSA) is 63.3 Å². The molecule has 4 atom stereocenters. The van der Waals surface area contributed by atoms with E-state index < -0.39 is 5.97 Å². The maximum absolute atomic E-state index is 10.7. The summed E-state index contributed by atoms with van der Waals surface area (Å²) in [7, 11) is 0. The fraction of sp³-hybridized carbons (Fsp3) is 0.727. The number of carbonyl (C=O) groups is 1. The third-order valence-corrected chi connectivity index (χ3v) is 3.68. The van der Waals surface area contributed by atoms with E-state index in [2.05, 4.69) is 12.2 Å². The van der Waals surface area contributed by atoms with Crippen LogP contribution in [-0.2, 0) is 4.79 Å². The largest absolute Gasteiger partial charge is 0.481 e. The number of aliphatic carboxylic acids is 1. The van der Waals surface area contributed by atoms with Crippen LogP contribution < -0.4 is 5.73 Å². The molecule has 2 aliphatic carbocycles. The molecule has 14 heavy (non-hydrogen) atoms. The quantitative estimate of drug-likeness (QED) is 0.663. The highest BCUT2D eigenvalue weighted by Gasteiger charge is 2.39. The molecule has 0 radical (unpaired) electrons. The van der Waals surface area contributed by atoms with E-state index in [1.807, 2.05) is 0 Å². The van der Waals surface area contributed by atoms with Gasteiger partial charge in [-0.15, -0.1) is 0 Å². The Morgan fingerprint density at radius 3 is 2.71 bits per heavy atom. The number of carboxylic acid groups (broad SMARTS) is 1. The molecule has 3 nitrogen and oxygen atoms in total. The molecular weight excluding hydrogens is 178 g/mol.